The Hall–Kier alpha value is -3.85. The molecule has 2 heterocycles. The fourth-order valence-electron chi connectivity index (χ4n) is 4.66. The maximum absolute atomic E-state index is 13.2. The molecule has 0 bridgehead atoms. The van der Waals surface area contributed by atoms with Gasteiger partial charge in [0.05, 0.1) is 18.2 Å². The highest BCUT2D eigenvalue weighted by Gasteiger charge is 2.26. The van der Waals surface area contributed by atoms with Crippen molar-refractivity contribution in [3.63, 3.8) is 0 Å². The van der Waals surface area contributed by atoms with Gasteiger partial charge in [0.1, 0.15) is 6.54 Å². The number of fused-ring (bicyclic) bond motifs is 1. The van der Waals surface area contributed by atoms with E-state index in [0.29, 0.717) is 37.5 Å². The molecule has 0 spiro atoms. The van der Waals surface area contributed by atoms with E-state index in [9.17, 15) is 9.59 Å². The SMILES string of the molecule is CCOC(=O)Cn1nnnc1C(CC)N(CCc1ccccc1)Cc1cc2ccc(C)c(C)c2[nH]c1=O. The fraction of sp³-hybridized carbons (Fsp3) is 0.393. The summed E-state index contributed by atoms with van der Waals surface area (Å²) in [6.45, 7) is 9.21. The lowest BCUT2D eigenvalue weighted by atomic mass is 10.0. The van der Waals surface area contributed by atoms with Crippen molar-refractivity contribution < 1.29 is 9.53 Å². The van der Waals surface area contributed by atoms with Crippen LogP contribution >= 0.6 is 0 Å². The van der Waals surface area contributed by atoms with Crippen molar-refractivity contribution in [3.8, 4) is 0 Å². The number of tetrazole rings is 1. The highest BCUT2D eigenvalue weighted by atomic mass is 16.5. The molecule has 37 heavy (non-hydrogen) atoms. The summed E-state index contributed by atoms with van der Waals surface area (Å²) in [6.07, 6.45) is 1.49. The molecule has 9 heteroatoms. The highest BCUT2D eigenvalue weighted by Crippen LogP contribution is 2.26. The molecule has 0 amide bonds. The molecule has 1 atom stereocenters. The Morgan fingerprint density at radius 2 is 1.92 bits per heavy atom. The lowest BCUT2D eigenvalue weighted by molar-refractivity contribution is -0.144. The number of aromatic amines is 1. The van der Waals surface area contributed by atoms with Gasteiger partial charge in [0.25, 0.3) is 5.56 Å². The summed E-state index contributed by atoms with van der Waals surface area (Å²) < 4.78 is 6.60. The number of carbonyl (C=O) groups excluding carboxylic acids is 1. The minimum absolute atomic E-state index is 0.0611. The predicted molar refractivity (Wildman–Crippen MR) is 142 cm³/mol. The van der Waals surface area contributed by atoms with Crippen LogP contribution in [0.25, 0.3) is 10.9 Å². The number of hydrogen-bond acceptors (Lipinski definition) is 7. The van der Waals surface area contributed by atoms with Crippen molar-refractivity contribution >= 4 is 16.9 Å². The molecule has 0 fully saturated rings. The third-order valence-corrected chi connectivity index (χ3v) is 6.80. The molecule has 0 aliphatic carbocycles. The maximum atomic E-state index is 13.2. The summed E-state index contributed by atoms with van der Waals surface area (Å²) in [5, 5.41) is 13.2. The Balaban J connectivity index is 1.69. The van der Waals surface area contributed by atoms with Crippen LogP contribution in [0.3, 0.4) is 0 Å². The van der Waals surface area contributed by atoms with Crippen LogP contribution < -0.4 is 5.56 Å². The van der Waals surface area contributed by atoms with Gasteiger partial charge in [0, 0.05) is 18.7 Å². The molecule has 0 saturated carbocycles. The molecular formula is C28H34N6O3. The number of aryl methyl sites for hydroxylation is 2. The molecule has 0 aliphatic rings. The van der Waals surface area contributed by atoms with Crippen molar-refractivity contribution in [2.45, 2.75) is 59.7 Å². The van der Waals surface area contributed by atoms with Crippen LogP contribution in [0.2, 0.25) is 0 Å². The van der Waals surface area contributed by atoms with E-state index < -0.39 is 5.97 Å². The van der Waals surface area contributed by atoms with E-state index in [4.69, 9.17) is 4.74 Å². The largest absolute Gasteiger partial charge is 0.465 e. The quantitative estimate of drug-likeness (QED) is 0.310. The van der Waals surface area contributed by atoms with E-state index in [-0.39, 0.29) is 18.1 Å². The van der Waals surface area contributed by atoms with E-state index in [1.54, 1.807) is 6.92 Å². The first-order valence-corrected chi connectivity index (χ1v) is 12.7. The number of aromatic nitrogens is 5. The van der Waals surface area contributed by atoms with Gasteiger partial charge in [-0.2, -0.15) is 0 Å². The number of pyridine rings is 1. The zero-order valence-corrected chi connectivity index (χ0v) is 21.9. The zero-order valence-electron chi connectivity index (χ0n) is 21.9. The number of nitrogens with zero attached hydrogens (tertiary/aromatic N) is 5. The molecule has 9 nitrogen and oxygen atoms in total. The van der Waals surface area contributed by atoms with Crippen molar-refractivity contribution in [1.29, 1.82) is 0 Å². The molecule has 4 rings (SSSR count). The highest BCUT2D eigenvalue weighted by molar-refractivity contribution is 5.83. The van der Waals surface area contributed by atoms with Gasteiger partial charge in [0.2, 0.25) is 0 Å². The van der Waals surface area contributed by atoms with Crippen LogP contribution in [-0.2, 0) is 29.0 Å². The normalized spacial score (nSPS) is 12.2. The summed E-state index contributed by atoms with van der Waals surface area (Å²) in [6, 6.07) is 16.1. The summed E-state index contributed by atoms with van der Waals surface area (Å²) in [5.74, 6) is 0.186. The van der Waals surface area contributed by atoms with Crippen molar-refractivity contribution in [1.82, 2.24) is 30.1 Å². The molecule has 1 N–H and O–H groups in total. The van der Waals surface area contributed by atoms with Crippen molar-refractivity contribution in [2.24, 2.45) is 0 Å². The molecule has 0 saturated heterocycles. The van der Waals surface area contributed by atoms with Crippen LogP contribution in [0.4, 0.5) is 0 Å². The van der Waals surface area contributed by atoms with Gasteiger partial charge in [-0.1, -0.05) is 49.4 Å². The second-order valence-electron chi connectivity index (χ2n) is 9.23. The van der Waals surface area contributed by atoms with Crippen LogP contribution in [-0.4, -0.2) is 49.2 Å². The van der Waals surface area contributed by atoms with E-state index in [1.807, 2.05) is 44.2 Å². The Kier molecular flexibility index (Phi) is 8.45. The average molecular weight is 503 g/mol. The van der Waals surface area contributed by atoms with Gasteiger partial charge in [-0.25, -0.2) is 4.68 Å². The van der Waals surface area contributed by atoms with Crippen LogP contribution in [0, 0.1) is 13.8 Å². The van der Waals surface area contributed by atoms with Gasteiger partial charge < -0.3 is 9.72 Å². The molecular weight excluding hydrogens is 468 g/mol. The zero-order chi connectivity index (χ0) is 26.4. The second kappa shape index (κ2) is 11.9. The molecule has 2 aromatic heterocycles. The number of H-pyrrole nitrogens is 1. The Morgan fingerprint density at radius 1 is 1.14 bits per heavy atom. The monoisotopic (exact) mass is 502 g/mol. The Morgan fingerprint density at radius 3 is 2.65 bits per heavy atom. The number of esters is 1. The lowest BCUT2D eigenvalue weighted by Gasteiger charge is -2.30. The van der Waals surface area contributed by atoms with Gasteiger partial charge >= 0.3 is 5.97 Å². The first-order valence-electron chi connectivity index (χ1n) is 12.7. The van der Waals surface area contributed by atoms with E-state index >= 15 is 0 Å². The maximum Gasteiger partial charge on any atom is 0.327 e. The Labute approximate surface area is 216 Å². The van der Waals surface area contributed by atoms with E-state index in [0.717, 1.165) is 28.5 Å². The molecule has 4 aromatic rings. The fourth-order valence-corrected chi connectivity index (χ4v) is 4.66. The van der Waals surface area contributed by atoms with E-state index in [2.05, 4.69) is 50.5 Å². The van der Waals surface area contributed by atoms with Crippen molar-refractivity contribution in [2.75, 3.05) is 13.2 Å². The van der Waals surface area contributed by atoms with E-state index in [1.165, 1.54) is 10.2 Å². The predicted octanol–water partition coefficient (Wildman–Crippen LogP) is 3.89. The first kappa shape index (κ1) is 26.2. The van der Waals surface area contributed by atoms with Crippen LogP contribution in [0.15, 0.2) is 53.3 Å². The molecule has 1 unspecified atom stereocenters. The van der Waals surface area contributed by atoms with Gasteiger partial charge in [-0.3, -0.25) is 14.5 Å². The minimum atomic E-state index is -0.390. The second-order valence-corrected chi connectivity index (χ2v) is 9.23. The van der Waals surface area contributed by atoms with Crippen LogP contribution in [0.5, 0.6) is 0 Å². The van der Waals surface area contributed by atoms with Gasteiger partial charge in [0.15, 0.2) is 5.82 Å². The minimum Gasteiger partial charge on any atom is -0.465 e. The number of rotatable bonds is 11. The lowest BCUT2D eigenvalue weighted by Crippen LogP contribution is -2.34. The smallest absolute Gasteiger partial charge is 0.327 e. The third kappa shape index (κ3) is 6.11. The standard InChI is InChI=1S/C28H34N6O3/c1-5-24(27-30-31-32-34(27)18-25(35)37-6-2)33(15-14-21-10-8-7-9-11-21)17-23-16-22-13-12-19(3)20(4)26(22)29-28(23)36/h7-13,16,24H,5-6,14-15,17-18H2,1-4H3,(H,29,36). The molecule has 0 radical (unpaired) electrons. The number of nitrogens with one attached hydrogen (secondary N) is 1. The van der Waals surface area contributed by atoms with Gasteiger partial charge in [-0.15, -0.1) is 5.10 Å². The number of hydrogen-bond donors (Lipinski definition) is 1. The molecule has 2 aromatic carbocycles. The summed E-state index contributed by atoms with van der Waals surface area (Å²) in [7, 11) is 0. The molecule has 0 aliphatic heterocycles. The topological polar surface area (TPSA) is 106 Å². The van der Waals surface area contributed by atoms with Crippen LogP contribution in [0.1, 0.15) is 54.4 Å². The van der Waals surface area contributed by atoms with Crippen molar-refractivity contribution in [3.05, 3.63) is 87.0 Å². The average Bonchev–Trinajstić information content (AvgIpc) is 3.34. The number of benzene rings is 2. The summed E-state index contributed by atoms with van der Waals surface area (Å²) in [4.78, 5) is 30.7. The number of carbonyl (C=O) groups is 1. The van der Waals surface area contributed by atoms with Gasteiger partial charge in [-0.05, 0) is 72.2 Å². The third-order valence-electron chi connectivity index (χ3n) is 6.80. The molecule has 194 valence electrons. The Bertz CT molecular complexity index is 1410. The first-order chi connectivity index (χ1) is 17.9. The summed E-state index contributed by atoms with van der Waals surface area (Å²) in [5.41, 5.74) is 4.85. The number of ether oxygens (including phenoxy) is 1. The summed E-state index contributed by atoms with van der Waals surface area (Å²) >= 11 is 0.